The molecule has 70 valence electrons. The molecular formula is C8H7N5O. The van der Waals surface area contributed by atoms with Crippen LogP contribution >= 0.6 is 0 Å². The van der Waals surface area contributed by atoms with Crippen molar-refractivity contribution in [1.82, 2.24) is 15.0 Å². The molecule has 14 heavy (non-hydrogen) atoms. The van der Waals surface area contributed by atoms with Crippen molar-refractivity contribution in [3.8, 4) is 6.19 Å². The number of anilines is 1. The number of hydrogen-bond acceptors (Lipinski definition) is 4. The fraction of sp³-hybridized carbons (Fsp3) is 0.125. The van der Waals surface area contributed by atoms with E-state index in [0.29, 0.717) is 16.7 Å². The topological polar surface area (TPSA) is 88.6 Å². The van der Waals surface area contributed by atoms with Gasteiger partial charge in [-0.05, 0) is 0 Å². The van der Waals surface area contributed by atoms with Crippen LogP contribution in [-0.4, -0.2) is 22.0 Å². The highest BCUT2D eigenvalue weighted by atomic mass is 16.1. The monoisotopic (exact) mass is 189 g/mol. The molecular weight excluding hydrogens is 182 g/mol. The van der Waals surface area contributed by atoms with Crippen LogP contribution in [0.4, 0.5) is 5.69 Å². The number of H-pyrrole nitrogens is 2. The highest BCUT2D eigenvalue weighted by Crippen LogP contribution is 2.19. The molecule has 0 amide bonds. The molecule has 0 aliphatic rings. The maximum atomic E-state index is 11.4. The van der Waals surface area contributed by atoms with Gasteiger partial charge < -0.3 is 9.97 Å². The predicted octanol–water partition coefficient (Wildman–Crippen LogP) is 0.168. The van der Waals surface area contributed by atoms with Gasteiger partial charge in [-0.3, -0.25) is 9.69 Å². The van der Waals surface area contributed by atoms with E-state index in [2.05, 4.69) is 15.0 Å². The summed E-state index contributed by atoms with van der Waals surface area (Å²) < 4.78 is 0. The number of fused-ring (bicyclic) bond motifs is 1. The second-order valence-corrected chi connectivity index (χ2v) is 2.79. The quantitative estimate of drug-likeness (QED) is 0.494. The van der Waals surface area contributed by atoms with Crippen LogP contribution in [0.15, 0.2) is 17.3 Å². The molecule has 2 N–H and O–H groups in total. The first kappa shape index (κ1) is 8.31. The van der Waals surface area contributed by atoms with Crippen molar-refractivity contribution < 1.29 is 0 Å². The predicted molar refractivity (Wildman–Crippen MR) is 50.7 cm³/mol. The number of aromatic nitrogens is 3. The number of rotatable bonds is 1. The average Bonchev–Trinajstić information content (AvgIpc) is 2.62. The van der Waals surface area contributed by atoms with Crippen molar-refractivity contribution in [2.75, 3.05) is 11.9 Å². The molecule has 0 bridgehead atoms. The summed E-state index contributed by atoms with van der Waals surface area (Å²) in [6, 6.07) is 0. The van der Waals surface area contributed by atoms with Crippen LogP contribution in [-0.2, 0) is 0 Å². The van der Waals surface area contributed by atoms with Gasteiger partial charge in [0.25, 0.3) is 5.56 Å². The maximum Gasteiger partial charge on any atom is 0.262 e. The Hall–Kier alpha value is -2.29. The fourth-order valence-corrected chi connectivity index (χ4v) is 1.27. The molecule has 2 aromatic heterocycles. The highest BCUT2D eigenvalue weighted by molar-refractivity contribution is 5.90. The average molecular weight is 189 g/mol. The first-order valence-electron chi connectivity index (χ1n) is 3.92. The van der Waals surface area contributed by atoms with Gasteiger partial charge in [-0.1, -0.05) is 0 Å². The number of hydrogen-bond donors (Lipinski definition) is 2. The van der Waals surface area contributed by atoms with Crippen molar-refractivity contribution in [2.45, 2.75) is 0 Å². The van der Waals surface area contributed by atoms with E-state index in [1.165, 1.54) is 11.2 Å². The van der Waals surface area contributed by atoms with Gasteiger partial charge in [0.1, 0.15) is 11.0 Å². The molecule has 0 unspecified atom stereocenters. The summed E-state index contributed by atoms with van der Waals surface area (Å²) >= 11 is 0. The van der Waals surface area contributed by atoms with E-state index in [-0.39, 0.29) is 5.56 Å². The molecule has 0 saturated heterocycles. The molecule has 2 rings (SSSR count). The lowest BCUT2D eigenvalue weighted by atomic mass is 10.3. The molecule has 0 spiro atoms. The summed E-state index contributed by atoms with van der Waals surface area (Å²) in [6.07, 6.45) is 4.82. The fourth-order valence-electron chi connectivity index (χ4n) is 1.27. The standard InChI is InChI=1S/C8H7N5O/c1-13(3-9)5-2-10-7-6(5)8(14)12-4-11-7/h2,4H,1H3,(H2,10,11,12,14). The van der Waals surface area contributed by atoms with Gasteiger partial charge in [0.15, 0.2) is 6.19 Å². The molecule has 2 heterocycles. The van der Waals surface area contributed by atoms with Gasteiger partial charge in [0.2, 0.25) is 0 Å². The van der Waals surface area contributed by atoms with E-state index in [1.807, 2.05) is 6.19 Å². The molecule has 0 aromatic carbocycles. The molecule has 0 fully saturated rings. The van der Waals surface area contributed by atoms with Crippen LogP contribution in [0.1, 0.15) is 0 Å². The van der Waals surface area contributed by atoms with E-state index >= 15 is 0 Å². The smallest absolute Gasteiger partial charge is 0.262 e. The van der Waals surface area contributed by atoms with E-state index in [0.717, 1.165) is 0 Å². The molecule has 0 saturated carbocycles. The minimum Gasteiger partial charge on any atom is -0.344 e. The maximum absolute atomic E-state index is 11.4. The van der Waals surface area contributed by atoms with Crippen molar-refractivity contribution in [3.63, 3.8) is 0 Å². The van der Waals surface area contributed by atoms with Crippen LogP contribution in [0.2, 0.25) is 0 Å². The van der Waals surface area contributed by atoms with Crippen LogP contribution in [0.5, 0.6) is 0 Å². The SMILES string of the molecule is CN(C#N)c1c[nH]c2nc[nH]c(=O)c12. The molecule has 2 aromatic rings. The van der Waals surface area contributed by atoms with Crippen molar-refractivity contribution in [1.29, 1.82) is 5.26 Å². The first-order valence-corrected chi connectivity index (χ1v) is 3.92. The third kappa shape index (κ3) is 1.03. The number of nitriles is 1. The summed E-state index contributed by atoms with van der Waals surface area (Å²) in [5.41, 5.74) is 0.746. The second-order valence-electron chi connectivity index (χ2n) is 2.79. The third-order valence-corrected chi connectivity index (χ3v) is 1.97. The molecule has 6 heteroatoms. The van der Waals surface area contributed by atoms with E-state index in [9.17, 15) is 4.79 Å². The zero-order valence-corrected chi connectivity index (χ0v) is 7.40. The van der Waals surface area contributed by atoms with E-state index in [4.69, 9.17) is 5.26 Å². The second kappa shape index (κ2) is 2.88. The number of nitrogens with zero attached hydrogens (tertiary/aromatic N) is 3. The molecule has 0 atom stereocenters. The minimum absolute atomic E-state index is 0.256. The number of nitrogens with one attached hydrogen (secondary N) is 2. The van der Waals surface area contributed by atoms with E-state index < -0.39 is 0 Å². The van der Waals surface area contributed by atoms with Gasteiger partial charge in [0.05, 0.1) is 12.0 Å². The van der Waals surface area contributed by atoms with Gasteiger partial charge in [-0.25, -0.2) is 4.98 Å². The van der Waals surface area contributed by atoms with Crippen LogP contribution < -0.4 is 10.5 Å². The van der Waals surface area contributed by atoms with Crippen LogP contribution in [0.3, 0.4) is 0 Å². The van der Waals surface area contributed by atoms with Crippen LogP contribution in [0, 0.1) is 11.5 Å². The lowest BCUT2D eigenvalue weighted by Crippen LogP contribution is -2.12. The first-order chi connectivity index (χ1) is 6.74. The Morgan fingerprint density at radius 1 is 1.57 bits per heavy atom. The Kier molecular flexibility index (Phi) is 1.71. The largest absolute Gasteiger partial charge is 0.344 e. The Balaban J connectivity index is 2.81. The third-order valence-electron chi connectivity index (χ3n) is 1.97. The van der Waals surface area contributed by atoms with Gasteiger partial charge in [-0.2, -0.15) is 5.26 Å². The molecule has 0 aliphatic carbocycles. The van der Waals surface area contributed by atoms with E-state index in [1.54, 1.807) is 13.2 Å². The Labute approximate surface area is 78.8 Å². The van der Waals surface area contributed by atoms with Gasteiger partial charge >= 0.3 is 0 Å². The van der Waals surface area contributed by atoms with Gasteiger partial charge in [-0.15, -0.1) is 0 Å². The summed E-state index contributed by atoms with van der Waals surface area (Å²) in [5, 5.41) is 9.09. The van der Waals surface area contributed by atoms with Crippen molar-refractivity contribution in [2.24, 2.45) is 0 Å². The molecule has 6 nitrogen and oxygen atoms in total. The lowest BCUT2D eigenvalue weighted by Gasteiger charge is -2.04. The summed E-state index contributed by atoms with van der Waals surface area (Å²) in [7, 11) is 1.58. The summed E-state index contributed by atoms with van der Waals surface area (Å²) in [4.78, 5) is 21.9. The van der Waals surface area contributed by atoms with Crippen LogP contribution in [0.25, 0.3) is 11.0 Å². The van der Waals surface area contributed by atoms with Crippen molar-refractivity contribution in [3.05, 3.63) is 22.9 Å². The zero-order chi connectivity index (χ0) is 10.1. The Bertz CT molecular complexity index is 561. The summed E-state index contributed by atoms with van der Waals surface area (Å²) in [6.45, 7) is 0. The normalized spacial score (nSPS) is 10.0. The lowest BCUT2D eigenvalue weighted by molar-refractivity contribution is 1.16. The summed E-state index contributed by atoms with van der Waals surface area (Å²) in [5.74, 6) is 0. The minimum atomic E-state index is -0.256. The molecule has 0 aliphatic heterocycles. The Morgan fingerprint density at radius 3 is 3.07 bits per heavy atom. The Morgan fingerprint density at radius 2 is 2.36 bits per heavy atom. The van der Waals surface area contributed by atoms with Gasteiger partial charge in [0, 0.05) is 13.2 Å². The zero-order valence-electron chi connectivity index (χ0n) is 7.40. The molecule has 0 radical (unpaired) electrons. The van der Waals surface area contributed by atoms with Crippen molar-refractivity contribution >= 4 is 16.7 Å². The number of aromatic amines is 2. The highest BCUT2D eigenvalue weighted by Gasteiger charge is 2.11.